The summed E-state index contributed by atoms with van der Waals surface area (Å²) in [6.45, 7) is 0. The predicted molar refractivity (Wildman–Crippen MR) is 77.8 cm³/mol. The van der Waals surface area contributed by atoms with Gasteiger partial charge in [-0.15, -0.1) is 0 Å². The second-order valence-electron chi connectivity index (χ2n) is 3.69. The highest BCUT2D eigenvalue weighted by Crippen LogP contribution is 2.16. The van der Waals surface area contributed by atoms with Crippen molar-refractivity contribution < 1.29 is 0 Å². The van der Waals surface area contributed by atoms with Crippen LogP contribution in [0.15, 0.2) is 65.3 Å². The maximum absolute atomic E-state index is 9.14. The average molecular weight is 299 g/mol. The van der Waals surface area contributed by atoms with Crippen LogP contribution in [-0.4, -0.2) is 0 Å². The van der Waals surface area contributed by atoms with Crippen LogP contribution in [0.4, 0.5) is 5.69 Å². The lowest BCUT2D eigenvalue weighted by Crippen LogP contribution is -1.90. The first-order chi connectivity index (χ1) is 8.79. The molecular formula is C15H11BrN2. The largest absolute Gasteiger partial charge is 0.360 e. The van der Waals surface area contributed by atoms with Crippen LogP contribution in [0.3, 0.4) is 0 Å². The zero-order chi connectivity index (χ0) is 12.8. The second-order valence-corrected chi connectivity index (χ2v) is 4.60. The lowest BCUT2D eigenvalue weighted by Gasteiger charge is -2.03. The van der Waals surface area contributed by atoms with Gasteiger partial charge in [0.05, 0.1) is 5.57 Å². The van der Waals surface area contributed by atoms with E-state index in [2.05, 4.69) is 27.3 Å². The maximum atomic E-state index is 9.14. The molecule has 0 unspecified atom stereocenters. The Labute approximate surface area is 115 Å². The number of hydrogen-bond donors (Lipinski definition) is 1. The summed E-state index contributed by atoms with van der Waals surface area (Å²) in [6.07, 6.45) is 1.72. The molecule has 0 atom stereocenters. The number of nitrogens with one attached hydrogen (secondary N) is 1. The third-order valence-electron chi connectivity index (χ3n) is 2.43. The maximum Gasteiger partial charge on any atom is 0.101 e. The van der Waals surface area contributed by atoms with Gasteiger partial charge in [0.15, 0.2) is 0 Å². The molecule has 3 heteroatoms. The summed E-state index contributed by atoms with van der Waals surface area (Å²) >= 11 is 3.38. The molecular weight excluding hydrogens is 288 g/mol. The van der Waals surface area contributed by atoms with Gasteiger partial charge in [-0.05, 0) is 29.8 Å². The minimum absolute atomic E-state index is 0.610. The summed E-state index contributed by atoms with van der Waals surface area (Å²) in [6, 6.07) is 19.6. The van der Waals surface area contributed by atoms with Crippen LogP contribution < -0.4 is 5.32 Å². The number of nitrogens with zero attached hydrogens (tertiary/aromatic N) is 1. The van der Waals surface area contributed by atoms with Crippen molar-refractivity contribution in [2.45, 2.75) is 0 Å². The number of anilines is 1. The van der Waals surface area contributed by atoms with E-state index in [1.807, 2.05) is 54.6 Å². The molecule has 0 saturated carbocycles. The summed E-state index contributed by atoms with van der Waals surface area (Å²) in [5, 5.41) is 12.3. The van der Waals surface area contributed by atoms with Crippen molar-refractivity contribution in [1.29, 1.82) is 5.26 Å². The normalized spacial score (nSPS) is 10.8. The van der Waals surface area contributed by atoms with Gasteiger partial charge in [-0.1, -0.05) is 46.3 Å². The number of hydrogen-bond acceptors (Lipinski definition) is 2. The summed E-state index contributed by atoms with van der Waals surface area (Å²) in [5.41, 5.74) is 2.46. The van der Waals surface area contributed by atoms with Crippen LogP contribution in [0.5, 0.6) is 0 Å². The Kier molecular flexibility index (Phi) is 4.16. The third kappa shape index (κ3) is 3.22. The highest BCUT2D eigenvalue weighted by Gasteiger charge is 1.98. The van der Waals surface area contributed by atoms with Crippen LogP contribution >= 0.6 is 15.9 Å². The summed E-state index contributed by atoms with van der Waals surface area (Å²) in [4.78, 5) is 0. The summed E-state index contributed by atoms with van der Waals surface area (Å²) < 4.78 is 1.03. The van der Waals surface area contributed by atoms with Crippen molar-refractivity contribution in [2.75, 3.05) is 5.32 Å². The molecule has 0 fully saturated rings. The summed E-state index contributed by atoms with van der Waals surface area (Å²) in [5.74, 6) is 0. The van der Waals surface area contributed by atoms with Gasteiger partial charge in [0.1, 0.15) is 6.07 Å². The zero-order valence-electron chi connectivity index (χ0n) is 9.60. The van der Waals surface area contributed by atoms with Gasteiger partial charge in [0, 0.05) is 16.4 Å². The van der Waals surface area contributed by atoms with Gasteiger partial charge in [-0.2, -0.15) is 5.26 Å². The van der Waals surface area contributed by atoms with E-state index in [0.29, 0.717) is 5.57 Å². The molecule has 0 spiro atoms. The van der Waals surface area contributed by atoms with Crippen molar-refractivity contribution in [2.24, 2.45) is 0 Å². The highest BCUT2D eigenvalue weighted by molar-refractivity contribution is 9.10. The van der Waals surface area contributed by atoms with E-state index in [9.17, 15) is 0 Å². The third-order valence-corrected chi connectivity index (χ3v) is 2.96. The Bertz CT molecular complexity index is 580. The van der Waals surface area contributed by atoms with E-state index in [1.165, 1.54) is 0 Å². The van der Waals surface area contributed by atoms with Crippen LogP contribution in [0.1, 0.15) is 5.56 Å². The molecule has 0 bridgehead atoms. The Morgan fingerprint density at radius 2 is 1.72 bits per heavy atom. The Morgan fingerprint density at radius 1 is 1.06 bits per heavy atom. The molecule has 0 saturated heterocycles. The van der Waals surface area contributed by atoms with E-state index in [0.717, 1.165) is 15.7 Å². The molecule has 88 valence electrons. The minimum atomic E-state index is 0.610. The fourth-order valence-electron chi connectivity index (χ4n) is 1.50. The van der Waals surface area contributed by atoms with E-state index in [1.54, 1.807) is 6.20 Å². The average Bonchev–Trinajstić information content (AvgIpc) is 2.43. The molecule has 2 aromatic rings. The van der Waals surface area contributed by atoms with Crippen LogP contribution in [-0.2, 0) is 0 Å². The number of benzene rings is 2. The van der Waals surface area contributed by atoms with E-state index < -0.39 is 0 Å². The van der Waals surface area contributed by atoms with Gasteiger partial charge < -0.3 is 5.32 Å². The molecule has 2 nitrogen and oxygen atoms in total. The molecule has 0 aromatic heterocycles. The Hall–Kier alpha value is -2.05. The van der Waals surface area contributed by atoms with Crippen molar-refractivity contribution in [3.8, 4) is 6.07 Å². The first-order valence-corrected chi connectivity index (χ1v) is 6.26. The summed E-state index contributed by atoms with van der Waals surface area (Å²) in [7, 11) is 0. The van der Waals surface area contributed by atoms with Gasteiger partial charge in [0.2, 0.25) is 0 Å². The zero-order valence-corrected chi connectivity index (χ0v) is 11.2. The molecule has 0 aliphatic heterocycles. The van der Waals surface area contributed by atoms with Crippen molar-refractivity contribution in [3.05, 3.63) is 70.8 Å². The molecule has 0 amide bonds. The van der Waals surface area contributed by atoms with Crippen molar-refractivity contribution >= 4 is 27.2 Å². The molecule has 0 radical (unpaired) electrons. The number of allylic oxidation sites excluding steroid dienone is 1. The smallest absolute Gasteiger partial charge is 0.101 e. The molecule has 0 aliphatic rings. The molecule has 0 aliphatic carbocycles. The monoisotopic (exact) mass is 298 g/mol. The molecule has 1 N–H and O–H groups in total. The van der Waals surface area contributed by atoms with E-state index >= 15 is 0 Å². The fourth-order valence-corrected chi connectivity index (χ4v) is 1.76. The molecule has 18 heavy (non-hydrogen) atoms. The number of rotatable bonds is 3. The van der Waals surface area contributed by atoms with Crippen molar-refractivity contribution in [3.63, 3.8) is 0 Å². The standard InChI is InChI=1S/C15H11BrN2/c16-14-6-8-15(9-7-14)18-11-13(10-17)12-4-2-1-3-5-12/h1-9,11,18H/b13-11+. The molecule has 0 heterocycles. The van der Waals surface area contributed by atoms with Gasteiger partial charge in [0.25, 0.3) is 0 Å². The molecule has 2 rings (SSSR count). The fraction of sp³-hybridized carbons (Fsp3) is 0. The highest BCUT2D eigenvalue weighted by atomic mass is 79.9. The topological polar surface area (TPSA) is 35.8 Å². The number of halogens is 1. The Morgan fingerprint density at radius 3 is 2.33 bits per heavy atom. The second kappa shape index (κ2) is 6.04. The van der Waals surface area contributed by atoms with Crippen LogP contribution in [0, 0.1) is 11.3 Å². The van der Waals surface area contributed by atoms with Gasteiger partial charge in [-0.3, -0.25) is 0 Å². The van der Waals surface area contributed by atoms with E-state index in [-0.39, 0.29) is 0 Å². The van der Waals surface area contributed by atoms with E-state index in [4.69, 9.17) is 5.26 Å². The van der Waals surface area contributed by atoms with Gasteiger partial charge >= 0.3 is 0 Å². The quantitative estimate of drug-likeness (QED) is 0.851. The lowest BCUT2D eigenvalue weighted by molar-refractivity contribution is 1.50. The van der Waals surface area contributed by atoms with Crippen LogP contribution in [0.25, 0.3) is 5.57 Å². The Balaban J connectivity index is 2.17. The minimum Gasteiger partial charge on any atom is -0.360 e. The SMILES string of the molecule is N#C/C(=C\Nc1ccc(Br)cc1)c1ccccc1. The lowest BCUT2D eigenvalue weighted by atomic mass is 10.1. The van der Waals surface area contributed by atoms with Crippen LogP contribution in [0.2, 0.25) is 0 Å². The first-order valence-electron chi connectivity index (χ1n) is 5.47. The molecule has 2 aromatic carbocycles. The van der Waals surface area contributed by atoms with Gasteiger partial charge in [-0.25, -0.2) is 0 Å². The van der Waals surface area contributed by atoms with Crippen molar-refractivity contribution in [1.82, 2.24) is 0 Å². The number of nitriles is 1. The first kappa shape index (κ1) is 12.4. The predicted octanol–water partition coefficient (Wildman–Crippen LogP) is 4.43.